The minimum Gasteiger partial charge on any atom is -0.464 e. The fraction of sp³-hybridized carbons (Fsp3) is 0.300. The molecule has 1 saturated heterocycles. The summed E-state index contributed by atoms with van der Waals surface area (Å²) in [6, 6.07) is 16.9. The third kappa shape index (κ3) is 6.95. The Kier molecular flexibility index (Phi) is 9.47. The van der Waals surface area contributed by atoms with Gasteiger partial charge in [-0.1, -0.05) is 54.7 Å². The Morgan fingerprint density at radius 2 is 1.71 bits per heavy atom. The molecule has 4 aromatic rings. The quantitative estimate of drug-likeness (QED) is 0.156. The van der Waals surface area contributed by atoms with E-state index in [1.54, 1.807) is 18.3 Å². The van der Waals surface area contributed by atoms with Gasteiger partial charge in [-0.3, -0.25) is 9.10 Å². The van der Waals surface area contributed by atoms with E-state index in [9.17, 15) is 13.2 Å². The smallest absolute Gasteiger partial charge is 0.326 e. The summed E-state index contributed by atoms with van der Waals surface area (Å²) in [5, 5.41) is 1.98. The van der Waals surface area contributed by atoms with Crippen molar-refractivity contribution in [3.8, 4) is 11.3 Å². The zero-order chi connectivity index (χ0) is 29.7. The number of anilines is 2. The second-order valence-corrected chi connectivity index (χ2v) is 12.5. The number of esters is 1. The first-order chi connectivity index (χ1) is 20.2. The average molecular weight is 630 g/mol. The maximum Gasteiger partial charge on any atom is 0.326 e. The number of benzene rings is 3. The molecular formula is C30H30Cl2N4O5S. The van der Waals surface area contributed by atoms with Crippen LogP contribution < -0.4 is 9.21 Å². The van der Waals surface area contributed by atoms with E-state index in [1.165, 1.54) is 18.2 Å². The Balaban J connectivity index is 1.48. The van der Waals surface area contributed by atoms with Crippen LogP contribution in [0.2, 0.25) is 10.0 Å². The van der Waals surface area contributed by atoms with Gasteiger partial charge in [-0.15, -0.1) is 0 Å². The second kappa shape index (κ2) is 13.2. The molecule has 0 saturated carbocycles. The first-order valence-corrected chi connectivity index (χ1v) is 15.8. The third-order valence-corrected chi connectivity index (χ3v) is 8.99. The summed E-state index contributed by atoms with van der Waals surface area (Å²) < 4.78 is 39.4. The number of rotatable bonds is 10. The van der Waals surface area contributed by atoms with Crippen molar-refractivity contribution in [2.75, 3.05) is 48.7 Å². The third-order valence-electron chi connectivity index (χ3n) is 6.80. The van der Waals surface area contributed by atoms with Crippen molar-refractivity contribution >= 4 is 61.6 Å². The number of nitrogens with zero attached hydrogens (tertiary/aromatic N) is 4. The molecule has 0 spiro atoms. The zero-order valence-corrected chi connectivity index (χ0v) is 25.3. The summed E-state index contributed by atoms with van der Waals surface area (Å²) in [6.45, 7) is 4.42. The predicted octanol–water partition coefficient (Wildman–Crippen LogP) is 5.98. The van der Waals surface area contributed by atoms with E-state index in [0.717, 1.165) is 45.8 Å². The molecule has 1 fully saturated rings. The maximum atomic E-state index is 13.8. The molecule has 3 aromatic carbocycles. The van der Waals surface area contributed by atoms with Crippen molar-refractivity contribution in [3.05, 3.63) is 76.9 Å². The summed E-state index contributed by atoms with van der Waals surface area (Å²) in [7, 11) is -4.23. The molecule has 1 aliphatic heterocycles. The molecule has 5 rings (SSSR count). The number of morpholine rings is 1. The number of aromatic nitrogens is 2. The Hall–Kier alpha value is -3.44. The van der Waals surface area contributed by atoms with Crippen LogP contribution in [-0.2, 0) is 24.3 Å². The van der Waals surface area contributed by atoms with Gasteiger partial charge in [0.25, 0.3) is 10.0 Å². The first-order valence-electron chi connectivity index (χ1n) is 13.6. The Morgan fingerprint density at radius 3 is 2.45 bits per heavy atom. The number of halogens is 2. The fourth-order valence-corrected chi connectivity index (χ4v) is 6.71. The Morgan fingerprint density at radius 1 is 1.00 bits per heavy atom. The number of carbonyl (C=O) groups excluding carboxylic acids is 1. The number of hydrogen-bond acceptors (Lipinski definition) is 8. The summed E-state index contributed by atoms with van der Waals surface area (Å²) in [5.41, 5.74) is 1.97. The highest BCUT2D eigenvalue weighted by Gasteiger charge is 2.29. The highest BCUT2D eigenvalue weighted by atomic mass is 35.5. The molecule has 0 unspecified atom stereocenters. The van der Waals surface area contributed by atoms with Crippen LogP contribution in [0.4, 0.5) is 11.6 Å². The van der Waals surface area contributed by atoms with Crippen LogP contribution in [0, 0.1) is 0 Å². The van der Waals surface area contributed by atoms with Gasteiger partial charge in [-0.25, -0.2) is 18.4 Å². The van der Waals surface area contributed by atoms with Gasteiger partial charge in [0, 0.05) is 34.9 Å². The number of hydrogen-bond donors (Lipinski definition) is 0. The van der Waals surface area contributed by atoms with Gasteiger partial charge in [-0.2, -0.15) is 0 Å². The van der Waals surface area contributed by atoms with Crippen LogP contribution in [-0.4, -0.2) is 63.8 Å². The SMILES string of the molecule is CCCCOC(=O)CN(c1ccc2cc(-c3ccnc(N4CCOCC4)n3)ccc2c1)S(=O)(=O)c1cc(Cl)cc(Cl)c1. The van der Waals surface area contributed by atoms with Crippen LogP contribution in [0.3, 0.4) is 0 Å². The normalized spacial score (nSPS) is 13.7. The van der Waals surface area contributed by atoms with Gasteiger partial charge in [0.15, 0.2) is 0 Å². The first kappa shape index (κ1) is 30.0. The fourth-order valence-electron chi connectivity index (χ4n) is 4.59. The molecule has 9 nitrogen and oxygen atoms in total. The summed E-state index contributed by atoms with van der Waals surface area (Å²) >= 11 is 12.2. The molecule has 0 atom stereocenters. The molecule has 0 aliphatic carbocycles. The summed E-state index contributed by atoms with van der Waals surface area (Å²) in [6.07, 6.45) is 3.26. The van der Waals surface area contributed by atoms with Crippen molar-refractivity contribution in [2.45, 2.75) is 24.7 Å². The molecular weight excluding hydrogens is 599 g/mol. The van der Waals surface area contributed by atoms with E-state index in [2.05, 4.69) is 9.88 Å². The lowest BCUT2D eigenvalue weighted by Gasteiger charge is -2.26. The summed E-state index contributed by atoms with van der Waals surface area (Å²) in [5.74, 6) is -0.00513. The van der Waals surface area contributed by atoms with E-state index in [1.807, 2.05) is 37.3 Å². The number of fused-ring (bicyclic) bond motifs is 1. The van der Waals surface area contributed by atoms with Crippen molar-refractivity contribution in [2.24, 2.45) is 0 Å². The largest absolute Gasteiger partial charge is 0.464 e. The molecule has 42 heavy (non-hydrogen) atoms. The number of sulfonamides is 1. The van der Waals surface area contributed by atoms with E-state index in [-0.39, 0.29) is 21.5 Å². The van der Waals surface area contributed by atoms with Crippen LogP contribution in [0.15, 0.2) is 71.8 Å². The Labute approximate surface area is 255 Å². The van der Waals surface area contributed by atoms with Crippen molar-refractivity contribution in [1.82, 2.24) is 9.97 Å². The maximum absolute atomic E-state index is 13.8. The lowest BCUT2D eigenvalue weighted by molar-refractivity contribution is -0.141. The Bertz CT molecular complexity index is 1680. The molecule has 1 aromatic heterocycles. The molecule has 12 heteroatoms. The lowest BCUT2D eigenvalue weighted by atomic mass is 10.0. The van der Waals surface area contributed by atoms with E-state index < -0.39 is 22.5 Å². The van der Waals surface area contributed by atoms with Crippen molar-refractivity contribution < 1.29 is 22.7 Å². The van der Waals surface area contributed by atoms with Gasteiger partial charge in [0.1, 0.15) is 6.54 Å². The molecule has 0 amide bonds. The van der Waals surface area contributed by atoms with Gasteiger partial charge in [0.05, 0.1) is 36.1 Å². The zero-order valence-electron chi connectivity index (χ0n) is 23.0. The minimum absolute atomic E-state index is 0.128. The standard InChI is InChI=1S/C30H30Cl2N4O5S/c1-2-3-12-41-29(37)20-36(42(38,39)27-18-24(31)17-25(32)19-27)26-7-6-21-15-23(5-4-22(21)16-26)28-8-9-33-30(34-28)35-10-13-40-14-11-35/h4-9,15-19H,2-3,10-14,20H2,1H3. The number of unbranched alkanes of at least 4 members (excludes halogenated alkanes) is 1. The monoisotopic (exact) mass is 628 g/mol. The molecule has 220 valence electrons. The van der Waals surface area contributed by atoms with Crippen molar-refractivity contribution in [3.63, 3.8) is 0 Å². The van der Waals surface area contributed by atoms with Gasteiger partial charge >= 0.3 is 5.97 Å². The van der Waals surface area contributed by atoms with Gasteiger partial charge in [0.2, 0.25) is 5.95 Å². The van der Waals surface area contributed by atoms with Crippen LogP contribution in [0.1, 0.15) is 19.8 Å². The van der Waals surface area contributed by atoms with E-state index in [0.29, 0.717) is 31.3 Å². The lowest BCUT2D eigenvalue weighted by Crippen LogP contribution is -2.37. The number of ether oxygens (including phenoxy) is 2. The predicted molar refractivity (Wildman–Crippen MR) is 165 cm³/mol. The van der Waals surface area contributed by atoms with Crippen LogP contribution in [0.25, 0.3) is 22.0 Å². The van der Waals surface area contributed by atoms with Gasteiger partial charge < -0.3 is 14.4 Å². The van der Waals surface area contributed by atoms with Crippen LogP contribution >= 0.6 is 23.2 Å². The van der Waals surface area contributed by atoms with E-state index in [4.69, 9.17) is 37.7 Å². The van der Waals surface area contributed by atoms with E-state index >= 15 is 0 Å². The molecule has 0 N–H and O–H groups in total. The minimum atomic E-state index is -4.23. The molecule has 1 aliphatic rings. The van der Waals surface area contributed by atoms with Crippen LogP contribution in [0.5, 0.6) is 0 Å². The highest BCUT2D eigenvalue weighted by Crippen LogP contribution is 2.32. The average Bonchev–Trinajstić information content (AvgIpc) is 2.99. The molecule has 0 radical (unpaired) electrons. The topological polar surface area (TPSA) is 102 Å². The van der Waals surface area contributed by atoms with Gasteiger partial charge in [-0.05, 0) is 59.7 Å². The van der Waals surface area contributed by atoms with Crippen molar-refractivity contribution in [1.29, 1.82) is 0 Å². The molecule has 2 heterocycles. The summed E-state index contributed by atoms with van der Waals surface area (Å²) in [4.78, 5) is 23.9. The second-order valence-electron chi connectivity index (χ2n) is 9.78. The highest BCUT2D eigenvalue weighted by molar-refractivity contribution is 7.92. The molecule has 0 bridgehead atoms. The number of carbonyl (C=O) groups is 1.